The second-order valence-electron chi connectivity index (χ2n) is 7.91. The Labute approximate surface area is 177 Å². The third-order valence-electron chi connectivity index (χ3n) is 5.32. The molecule has 1 aliphatic rings. The van der Waals surface area contributed by atoms with E-state index in [1.807, 2.05) is 48.5 Å². The number of carbonyl (C=O) groups excluding carboxylic acids is 1. The van der Waals surface area contributed by atoms with Crippen LogP contribution >= 0.6 is 0 Å². The van der Waals surface area contributed by atoms with Crippen molar-refractivity contribution in [1.82, 2.24) is 20.2 Å². The summed E-state index contributed by atoms with van der Waals surface area (Å²) < 4.78 is 5.78. The summed E-state index contributed by atoms with van der Waals surface area (Å²) in [5.41, 5.74) is 2.89. The summed E-state index contributed by atoms with van der Waals surface area (Å²) >= 11 is 0. The standard InChI is InChI=1S/C24H28N4O2/c1-17-15-28(16-18(2)30-17)13-7-12-26-24(29)20-14-23(22-10-5-6-11-25-22)27-21-9-4-3-8-19(20)21/h3-6,8-11,14,17-18H,7,12-13,15-16H2,1-2H3,(H,26,29)/t17-,18+. The van der Waals surface area contributed by atoms with Crippen LogP contribution in [0.5, 0.6) is 0 Å². The smallest absolute Gasteiger partial charge is 0.252 e. The van der Waals surface area contributed by atoms with Gasteiger partial charge in [-0.3, -0.25) is 14.7 Å². The van der Waals surface area contributed by atoms with Crippen LogP contribution in [0.3, 0.4) is 0 Å². The Morgan fingerprint density at radius 2 is 1.87 bits per heavy atom. The van der Waals surface area contributed by atoms with Crippen molar-refractivity contribution in [3.8, 4) is 11.4 Å². The van der Waals surface area contributed by atoms with Gasteiger partial charge in [-0.2, -0.15) is 0 Å². The van der Waals surface area contributed by atoms with E-state index in [1.54, 1.807) is 6.20 Å². The predicted molar refractivity (Wildman–Crippen MR) is 118 cm³/mol. The number of hydrogen-bond donors (Lipinski definition) is 1. The Bertz CT molecular complexity index is 999. The lowest BCUT2D eigenvalue weighted by atomic mass is 10.1. The van der Waals surface area contributed by atoms with E-state index in [0.717, 1.165) is 42.7 Å². The first-order valence-corrected chi connectivity index (χ1v) is 10.6. The molecule has 1 amide bonds. The van der Waals surface area contributed by atoms with Crippen LogP contribution in [0.2, 0.25) is 0 Å². The molecule has 6 heteroatoms. The highest BCUT2D eigenvalue weighted by atomic mass is 16.5. The summed E-state index contributed by atoms with van der Waals surface area (Å²) in [7, 11) is 0. The minimum absolute atomic E-state index is 0.0745. The fourth-order valence-electron chi connectivity index (χ4n) is 4.08. The fraction of sp³-hybridized carbons (Fsp3) is 0.375. The maximum absolute atomic E-state index is 13.0. The highest BCUT2D eigenvalue weighted by molar-refractivity contribution is 6.07. The summed E-state index contributed by atoms with van der Waals surface area (Å²) in [5, 5.41) is 3.94. The molecule has 0 unspecified atom stereocenters. The molecule has 1 fully saturated rings. The molecular weight excluding hydrogens is 376 g/mol. The van der Waals surface area contributed by atoms with E-state index >= 15 is 0 Å². The molecule has 3 heterocycles. The molecule has 0 radical (unpaired) electrons. The van der Waals surface area contributed by atoms with E-state index in [4.69, 9.17) is 9.72 Å². The van der Waals surface area contributed by atoms with Crippen LogP contribution in [0.4, 0.5) is 0 Å². The van der Waals surface area contributed by atoms with Gasteiger partial charge in [0.15, 0.2) is 0 Å². The molecule has 3 aromatic rings. The van der Waals surface area contributed by atoms with Gasteiger partial charge < -0.3 is 10.1 Å². The van der Waals surface area contributed by atoms with Gasteiger partial charge in [0.2, 0.25) is 0 Å². The van der Waals surface area contributed by atoms with Gasteiger partial charge in [-0.25, -0.2) is 4.98 Å². The molecule has 156 valence electrons. The fourth-order valence-corrected chi connectivity index (χ4v) is 4.08. The topological polar surface area (TPSA) is 67.4 Å². The zero-order valence-corrected chi connectivity index (χ0v) is 17.5. The number of amides is 1. The molecule has 4 rings (SSSR count). The number of nitrogens with one attached hydrogen (secondary N) is 1. The van der Waals surface area contributed by atoms with Gasteiger partial charge in [-0.1, -0.05) is 24.3 Å². The first kappa shape index (κ1) is 20.4. The van der Waals surface area contributed by atoms with Crippen molar-refractivity contribution >= 4 is 16.8 Å². The maximum Gasteiger partial charge on any atom is 0.252 e. The largest absolute Gasteiger partial charge is 0.373 e. The Kier molecular flexibility index (Phi) is 6.35. The number of ether oxygens (including phenoxy) is 1. The average molecular weight is 405 g/mol. The van der Waals surface area contributed by atoms with Crippen molar-refractivity contribution in [2.45, 2.75) is 32.5 Å². The monoisotopic (exact) mass is 404 g/mol. The summed E-state index contributed by atoms with van der Waals surface area (Å²) in [6, 6.07) is 15.3. The van der Waals surface area contributed by atoms with Crippen molar-refractivity contribution in [2.75, 3.05) is 26.2 Å². The Balaban J connectivity index is 1.45. The van der Waals surface area contributed by atoms with Crippen LogP contribution in [-0.2, 0) is 4.74 Å². The highest BCUT2D eigenvalue weighted by Gasteiger charge is 2.21. The summed E-state index contributed by atoms with van der Waals surface area (Å²) in [6.07, 6.45) is 3.16. The number of benzene rings is 1. The van der Waals surface area contributed by atoms with Crippen molar-refractivity contribution in [2.24, 2.45) is 0 Å². The second-order valence-corrected chi connectivity index (χ2v) is 7.91. The molecule has 1 saturated heterocycles. The summed E-state index contributed by atoms with van der Waals surface area (Å²) in [4.78, 5) is 24.5. The van der Waals surface area contributed by atoms with E-state index in [-0.39, 0.29) is 18.1 Å². The number of rotatable bonds is 6. The molecule has 0 aliphatic carbocycles. The Morgan fingerprint density at radius 3 is 2.63 bits per heavy atom. The van der Waals surface area contributed by atoms with E-state index in [1.165, 1.54) is 0 Å². The summed E-state index contributed by atoms with van der Waals surface area (Å²) in [6.45, 7) is 7.70. The molecule has 2 aromatic heterocycles. The van der Waals surface area contributed by atoms with Gasteiger partial charge in [0.1, 0.15) is 0 Å². The lowest BCUT2D eigenvalue weighted by Gasteiger charge is -2.35. The maximum atomic E-state index is 13.0. The van der Waals surface area contributed by atoms with Crippen LogP contribution in [0.1, 0.15) is 30.6 Å². The lowest BCUT2D eigenvalue weighted by molar-refractivity contribution is -0.0679. The first-order chi connectivity index (χ1) is 14.6. The number of nitrogens with zero attached hydrogens (tertiary/aromatic N) is 3. The molecular formula is C24H28N4O2. The highest BCUT2D eigenvalue weighted by Crippen LogP contribution is 2.23. The van der Waals surface area contributed by atoms with Crippen molar-refractivity contribution in [1.29, 1.82) is 0 Å². The Hall–Kier alpha value is -2.83. The number of para-hydroxylation sites is 1. The molecule has 1 aromatic carbocycles. The molecule has 30 heavy (non-hydrogen) atoms. The van der Waals surface area contributed by atoms with Crippen molar-refractivity contribution < 1.29 is 9.53 Å². The normalized spacial score (nSPS) is 19.7. The van der Waals surface area contributed by atoms with Gasteiger partial charge in [-0.05, 0) is 44.5 Å². The van der Waals surface area contributed by atoms with Crippen LogP contribution in [-0.4, -0.2) is 59.2 Å². The van der Waals surface area contributed by atoms with E-state index in [2.05, 4.69) is 29.0 Å². The first-order valence-electron chi connectivity index (χ1n) is 10.6. The van der Waals surface area contributed by atoms with Gasteiger partial charge in [0, 0.05) is 37.8 Å². The number of pyridine rings is 2. The number of hydrogen-bond acceptors (Lipinski definition) is 5. The third kappa shape index (κ3) is 4.83. The van der Waals surface area contributed by atoms with Crippen LogP contribution in [0.25, 0.3) is 22.3 Å². The predicted octanol–water partition coefficient (Wildman–Crippen LogP) is 3.53. The third-order valence-corrected chi connectivity index (χ3v) is 5.32. The number of carbonyl (C=O) groups is 1. The number of morpholine rings is 1. The van der Waals surface area contributed by atoms with E-state index < -0.39 is 0 Å². The van der Waals surface area contributed by atoms with Gasteiger partial charge >= 0.3 is 0 Å². The molecule has 6 nitrogen and oxygen atoms in total. The quantitative estimate of drug-likeness (QED) is 0.637. The molecule has 1 N–H and O–H groups in total. The summed E-state index contributed by atoms with van der Waals surface area (Å²) in [5.74, 6) is -0.0745. The Morgan fingerprint density at radius 1 is 1.10 bits per heavy atom. The lowest BCUT2D eigenvalue weighted by Crippen LogP contribution is -2.46. The van der Waals surface area contributed by atoms with Crippen molar-refractivity contribution in [3.63, 3.8) is 0 Å². The van der Waals surface area contributed by atoms with Crippen LogP contribution in [0.15, 0.2) is 54.7 Å². The zero-order chi connectivity index (χ0) is 20.9. The van der Waals surface area contributed by atoms with Crippen LogP contribution < -0.4 is 5.32 Å². The minimum atomic E-state index is -0.0745. The van der Waals surface area contributed by atoms with E-state index in [0.29, 0.717) is 17.8 Å². The van der Waals surface area contributed by atoms with E-state index in [9.17, 15) is 4.79 Å². The molecule has 0 bridgehead atoms. The minimum Gasteiger partial charge on any atom is -0.373 e. The SMILES string of the molecule is C[C@@H]1CN(CCCNC(=O)c2cc(-c3ccccn3)nc3ccccc23)C[C@H](C)O1. The molecule has 0 spiro atoms. The average Bonchev–Trinajstić information content (AvgIpc) is 2.76. The van der Waals surface area contributed by atoms with Gasteiger partial charge in [0.05, 0.1) is 34.7 Å². The number of aromatic nitrogens is 2. The molecule has 2 atom stereocenters. The van der Waals surface area contributed by atoms with Crippen LogP contribution in [0, 0.1) is 0 Å². The molecule has 1 aliphatic heterocycles. The number of fused-ring (bicyclic) bond motifs is 1. The van der Waals surface area contributed by atoms with Gasteiger partial charge in [-0.15, -0.1) is 0 Å². The van der Waals surface area contributed by atoms with Crippen molar-refractivity contribution in [3.05, 3.63) is 60.3 Å². The zero-order valence-electron chi connectivity index (χ0n) is 17.5. The second kappa shape index (κ2) is 9.32. The molecule has 0 saturated carbocycles. The van der Waals surface area contributed by atoms with Gasteiger partial charge in [0.25, 0.3) is 5.91 Å².